The van der Waals surface area contributed by atoms with E-state index in [0.717, 1.165) is 24.3 Å². The number of alkyl halides is 6. The van der Waals surface area contributed by atoms with Crippen LogP contribution in [0.15, 0.2) is 47.9 Å². The summed E-state index contributed by atoms with van der Waals surface area (Å²) >= 11 is 0. The molecule has 2 aromatic carbocycles. The van der Waals surface area contributed by atoms with Gasteiger partial charge in [0.15, 0.2) is 0 Å². The number of nitrogens with two attached hydrogens (primary N) is 1. The molecule has 0 aromatic heterocycles. The van der Waals surface area contributed by atoms with E-state index < -0.39 is 51.3 Å². The summed E-state index contributed by atoms with van der Waals surface area (Å²) in [5.74, 6) is -2.72. The molecule has 14 heteroatoms. The minimum absolute atomic E-state index is 0.236. The lowest BCUT2D eigenvalue weighted by atomic mass is 10.1. The van der Waals surface area contributed by atoms with Crippen molar-refractivity contribution in [3.05, 3.63) is 70.4 Å². The Bertz CT molecular complexity index is 1050. The van der Waals surface area contributed by atoms with Crippen LogP contribution in [-0.2, 0) is 16.3 Å². The van der Waals surface area contributed by atoms with Crippen LogP contribution in [0.3, 0.4) is 0 Å². The van der Waals surface area contributed by atoms with Gasteiger partial charge in [-0.05, 0) is 42.0 Å². The summed E-state index contributed by atoms with van der Waals surface area (Å²) in [6.45, 7) is 0. The summed E-state index contributed by atoms with van der Waals surface area (Å²) in [5.41, 5.74) is 2.91. The lowest BCUT2D eigenvalue weighted by molar-refractivity contribution is -0.274. The summed E-state index contributed by atoms with van der Waals surface area (Å²) in [7, 11) is -4.25. The topological polar surface area (TPSA) is 107 Å². The number of hydrogen-bond acceptors (Lipinski definition) is 4. The SMILES string of the molecule is NC(=O)c1ccc(F)cc1C(F)(F)F.O=S(=O)(O)/C=C/c1ccc(OC(F)(F)F)cc1. The molecule has 170 valence electrons. The first-order valence-electron chi connectivity index (χ1n) is 7.66. The molecule has 0 radical (unpaired) electrons. The maximum absolute atomic E-state index is 12.5. The van der Waals surface area contributed by atoms with Gasteiger partial charge in [0, 0.05) is 0 Å². The minimum atomic E-state index is -4.79. The Labute approximate surface area is 170 Å². The van der Waals surface area contributed by atoms with Gasteiger partial charge in [0.05, 0.1) is 16.5 Å². The van der Waals surface area contributed by atoms with Crippen molar-refractivity contribution in [1.82, 2.24) is 0 Å². The van der Waals surface area contributed by atoms with E-state index in [1.807, 2.05) is 0 Å². The number of rotatable bonds is 4. The molecule has 0 saturated heterocycles. The predicted molar refractivity (Wildman–Crippen MR) is 93.6 cm³/mol. The van der Waals surface area contributed by atoms with E-state index in [1.165, 1.54) is 12.1 Å². The molecule has 0 aliphatic heterocycles. The lowest BCUT2D eigenvalue weighted by Crippen LogP contribution is -2.18. The Morgan fingerprint density at radius 2 is 1.55 bits per heavy atom. The monoisotopic (exact) mass is 475 g/mol. The average Bonchev–Trinajstić information content (AvgIpc) is 2.58. The Balaban J connectivity index is 0.000000316. The van der Waals surface area contributed by atoms with Gasteiger partial charge in [0.2, 0.25) is 5.91 Å². The molecule has 0 spiro atoms. The number of carbonyl (C=O) groups excluding carboxylic acids is 1. The van der Waals surface area contributed by atoms with Gasteiger partial charge in [-0.25, -0.2) is 4.39 Å². The van der Waals surface area contributed by atoms with Crippen molar-refractivity contribution in [3.8, 4) is 5.75 Å². The van der Waals surface area contributed by atoms with E-state index in [1.54, 1.807) is 0 Å². The van der Waals surface area contributed by atoms with E-state index >= 15 is 0 Å². The predicted octanol–water partition coefficient (Wildman–Crippen LogP) is 4.39. The molecule has 0 saturated carbocycles. The fourth-order valence-corrected chi connectivity index (χ4v) is 2.24. The first-order valence-corrected chi connectivity index (χ1v) is 9.16. The molecule has 0 bridgehead atoms. The van der Waals surface area contributed by atoms with Crippen LogP contribution < -0.4 is 10.5 Å². The molecular formula is C17H12F7NO5S. The normalized spacial score (nSPS) is 12.3. The van der Waals surface area contributed by atoms with Crippen molar-refractivity contribution in [2.75, 3.05) is 0 Å². The standard InChI is InChI=1S/C9H7F3O4S.C8H5F4NO/c10-9(11,12)16-8-3-1-7(2-4-8)5-6-17(13,14)15;9-4-1-2-5(7(13)14)6(3-4)8(10,11)12/h1-6H,(H,13,14,15);1-3H,(H2,13,14)/b6-5+;. The third kappa shape index (κ3) is 9.95. The zero-order chi connectivity index (χ0) is 24.0. The third-order valence-corrected chi connectivity index (χ3v) is 3.58. The number of halogens is 7. The highest BCUT2D eigenvalue weighted by Crippen LogP contribution is 2.32. The Morgan fingerprint density at radius 1 is 1.00 bits per heavy atom. The number of ether oxygens (including phenoxy) is 1. The first-order chi connectivity index (χ1) is 14.0. The van der Waals surface area contributed by atoms with Gasteiger partial charge in [-0.1, -0.05) is 12.1 Å². The largest absolute Gasteiger partial charge is 0.573 e. The minimum Gasteiger partial charge on any atom is -0.406 e. The second-order valence-corrected chi connectivity index (χ2v) is 6.79. The number of benzene rings is 2. The van der Waals surface area contributed by atoms with Crippen LogP contribution in [0.4, 0.5) is 30.7 Å². The van der Waals surface area contributed by atoms with E-state index in [2.05, 4.69) is 4.74 Å². The van der Waals surface area contributed by atoms with Crippen LogP contribution in [0.25, 0.3) is 6.08 Å². The Hall–Kier alpha value is -3.13. The molecule has 0 atom stereocenters. The van der Waals surface area contributed by atoms with Crippen molar-refractivity contribution < 1.29 is 53.2 Å². The summed E-state index contributed by atoms with van der Waals surface area (Å²) < 4.78 is 117. The molecule has 0 aliphatic carbocycles. The van der Waals surface area contributed by atoms with Crippen LogP contribution in [0.2, 0.25) is 0 Å². The summed E-state index contributed by atoms with van der Waals surface area (Å²) in [6.07, 6.45) is -8.52. The molecule has 1 amide bonds. The van der Waals surface area contributed by atoms with Crippen LogP contribution in [0.1, 0.15) is 21.5 Å². The number of amides is 1. The fourth-order valence-electron chi connectivity index (χ4n) is 1.91. The van der Waals surface area contributed by atoms with E-state index in [9.17, 15) is 43.9 Å². The van der Waals surface area contributed by atoms with Gasteiger partial charge in [-0.15, -0.1) is 13.2 Å². The molecule has 0 unspecified atom stereocenters. The van der Waals surface area contributed by atoms with Gasteiger partial charge < -0.3 is 10.5 Å². The first kappa shape index (κ1) is 25.9. The molecular weight excluding hydrogens is 463 g/mol. The molecule has 2 aromatic rings. The van der Waals surface area contributed by atoms with E-state index in [-0.39, 0.29) is 6.07 Å². The van der Waals surface area contributed by atoms with Gasteiger partial charge in [0.25, 0.3) is 10.1 Å². The van der Waals surface area contributed by atoms with Crippen LogP contribution in [-0.4, -0.2) is 25.2 Å². The molecule has 0 aliphatic rings. The molecule has 3 N–H and O–H groups in total. The maximum Gasteiger partial charge on any atom is 0.573 e. The number of carbonyl (C=O) groups is 1. The maximum atomic E-state index is 12.5. The van der Waals surface area contributed by atoms with Gasteiger partial charge in [-0.3, -0.25) is 9.35 Å². The van der Waals surface area contributed by atoms with E-state index in [0.29, 0.717) is 17.0 Å². The molecule has 31 heavy (non-hydrogen) atoms. The number of hydrogen-bond donors (Lipinski definition) is 2. The van der Waals surface area contributed by atoms with Crippen LogP contribution in [0.5, 0.6) is 5.75 Å². The molecule has 6 nitrogen and oxygen atoms in total. The van der Waals surface area contributed by atoms with Crippen molar-refractivity contribution >= 4 is 22.1 Å². The Morgan fingerprint density at radius 3 is 1.97 bits per heavy atom. The zero-order valence-electron chi connectivity index (χ0n) is 14.9. The second-order valence-electron chi connectivity index (χ2n) is 5.49. The molecule has 2 rings (SSSR count). The van der Waals surface area contributed by atoms with Crippen molar-refractivity contribution in [2.24, 2.45) is 5.73 Å². The zero-order valence-corrected chi connectivity index (χ0v) is 15.7. The highest BCUT2D eigenvalue weighted by molar-refractivity contribution is 7.88. The lowest BCUT2D eigenvalue weighted by Gasteiger charge is -2.09. The summed E-state index contributed by atoms with van der Waals surface area (Å²) in [6, 6.07) is 6.16. The Kier molecular flexibility index (Phi) is 8.18. The smallest absolute Gasteiger partial charge is 0.406 e. The molecule has 0 fully saturated rings. The quantitative estimate of drug-likeness (QED) is 0.504. The highest BCUT2D eigenvalue weighted by Gasteiger charge is 2.35. The van der Waals surface area contributed by atoms with Crippen molar-refractivity contribution in [3.63, 3.8) is 0 Å². The number of primary amides is 1. The van der Waals surface area contributed by atoms with Crippen LogP contribution in [0, 0.1) is 5.82 Å². The highest BCUT2D eigenvalue weighted by atomic mass is 32.2. The average molecular weight is 475 g/mol. The van der Waals surface area contributed by atoms with E-state index in [4.69, 9.17) is 10.3 Å². The van der Waals surface area contributed by atoms with Gasteiger partial charge in [0.1, 0.15) is 11.6 Å². The second kappa shape index (κ2) is 9.78. The third-order valence-electron chi connectivity index (χ3n) is 3.10. The summed E-state index contributed by atoms with van der Waals surface area (Å²) in [5, 5.41) is 0.520. The van der Waals surface area contributed by atoms with Crippen molar-refractivity contribution in [1.29, 1.82) is 0 Å². The van der Waals surface area contributed by atoms with Gasteiger partial charge in [-0.2, -0.15) is 21.6 Å². The summed E-state index contributed by atoms with van der Waals surface area (Å²) in [4.78, 5) is 10.6. The fraction of sp³-hybridized carbons (Fsp3) is 0.118. The van der Waals surface area contributed by atoms with Gasteiger partial charge >= 0.3 is 12.5 Å². The van der Waals surface area contributed by atoms with Crippen LogP contribution >= 0.6 is 0 Å². The molecule has 0 heterocycles. The van der Waals surface area contributed by atoms with Crippen molar-refractivity contribution in [2.45, 2.75) is 12.5 Å².